The number of ether oxygens (including phenoxy) is 1. The van der Waals surface area contributed by atoms with Crippen LogP contribution in [-0.4, -0.2) is 23.8 Å². The minimum absolute atomic E-state index is 0.0532. The van der Waals surface area contributed by atoms with Crippen molar-refractivity contribution in [2.45, 2.75) is 100 Å². The van der Waals surface area contributed by atoms with Crippen molar-refractivity contribution < 1.29 is 9.53 Å². The molecule has 240 valence electrons. The number of rotatable bonds is 7. The molecule has 0 aromatic heterocycles. The van der Waals surface area contributed by atoms with Crippen LogP contribution in [0.15, 0.2) is 82.4 Å². The molecule has 6 heteroatoms. The van der Waals surface area contributed by atoms with Gasteiger partial charge in [0.1, 0.15) is 23.6 Å². The summed E-state index contributed by atoms with van der Waals surface area (Å²) in [6.07, 6.45) is 15.2. The fraction of sp³-hybridized carbons (Fsp3) is 0.500. The van der Waals surface area contributed by atoms with E-state index in [1.807, 2.05) is 37.3 Å². The van der Waals surface area contributed by atoms with Gasteiger partial charge in [0, 0.05) is 15.6 Å². The summed E-state index contributed by atoms with van der Waals surface area (Å²) < 4.78 is 7.36. The second-order valence-corrected chi connectivity index (χ2v) is 16.4. The molecule has 46 heavy (non-hydrogen) atoms. The topological polar surface area (TPSA) is 62.7 Å². The molecule has 4 bridgehead atoms. The summed E-state index contributed by atoms with van der Waals surface area (Å²) in [7, 11) is 0. The van der Waals surface area contributed by atoms with Crippen molar-refractivity contribution in [1.82, 2.24) is 10.7 Å². The van der Waals surface area contributed by atoms with E-state index in [-0.39, 0.29) is 18.1 Å². The summed E-state index contributed by atoms with van der Waals surface area (Å²) >= 11 is 3.56. The van der Waals surface area contributed by atoms with Crippen LogP contribution in [0.2, 0.25) is 0 Å². The molecule has 1 spiro atoms. The van der Waals surface area contributed by atoms with Crippen molar-refractivity contribution in [3.63, 3.8) is 0 Å². The molecule has 9 rings (SSSR count). The highest BCUT2D eigenvalue weighted by Gasteiger charge is 2.52. The lowest BCUT2D eigenvalue weighted by molar-refractivity contribution is -0.129. The molecule has 2 N–H and O–H groups in total. The average Bonchev–Trinajstić information content (AvgIpc) is 3.05. The number of fused-ring (bicyclic) bond motifs is 1. The third-order valence-electron chi connectivity index (χ3n) is 12.2. The first kappa shape index (κ1) is 30.4. The molecule has 1 amide bonds. The van der Waals surface area contributed by atoms with Crippen molar-refractivity contribution in [3.05, 3.63) is 99.5 Å². The van der Waals surface area contributed by atoms with Crippen molar-refractivity contribution in [2.24, 2.45) is 22.9 Å². The van der Waals surface area contributed by atoms with Crippen molar-refractivity contribution in [3.8, 4) is 5.75 Å². The van der Waals surface area contributed by atoms with Crippen LogP contribution in [0, 0.1) is 17.8 Å². The Bertz CT molecular complexity index is 1590. The number of halogens is 1. The van der Waals surface area contributed by atoms with Gasteiger partial charge >= 0.3 is 0 Å². The molecular weight excluding hydrogens is 634 g/mol. The first-order valence-electron chi connectivity index (χ1n) is 17.6. The number of hydrazone groups is 1. The molecule has 3 aromatic carbocycles. The number of hydrogen-bond donors (Lipinski definition) is 2. The van der Waals surface area contributed by atoms with Crippen LogP contribution in [-0.2, 0) is 22.2 Å². The van der Waals surface area contributed by atoms with Crippen LogP contribution in [0.3, 0.4) is 0 Å². The highest BCUT2D eigenvalue weighted by molar-refractivity contribution is 9.10. The van der Waals surface area contributed by atoms with Crippen molar-refractivity contribution >= 4 is 27.5 Å². The SMILES string of the molecule is C[C@]1(C(=O)N/N=C(/COc2ccc(C34CC5CC(CC(C5)C3)C4)cc2)c2ccc(Br)cc2)NC2(CCCCC2)Cc2ccccc21. The second-order valence-electron chi connectivity index (χ2n) is 15.4. The number of nitrogens with zero attached hydrogens (tertiary/aromatic N) is 1. The molecule has 5 saturated carbocycles. The van der Waals surface area contributed by atoms with E-state index in [9.17, 15) is 4.79 Å². The fourth-order valence-corrected chi connectivity index (χ4v) is 10.7. The van der Waals surface area contributed by atoms with Gasteiger partial charge in [-0.05, 0) is 129 Å². The zero-order valence-corrected chi connectivity index (χ0v) is 28.6. The smallest absolute Gasteiger partial charge is 0.264 e. The lowest BCUT2D eigenvalue weighted by atomic mass is 9.48. The summed E-state index contributed by atoms with van der Waals surface area (Å²) in [5.41, 5.74) is 7.83. The van der Waals surface area contributed by atoms with Crippen molar-refractivity contribution in [1.29, 1.82) is 0 Å². The van der Waals surface area contributed by atoms with Gasteiger partial charge in [0.25, 0.3) is 5.91 Å². The van der Waals surface area contributed by atoms with E-state index >= 15 is 0 Å². The van der Waals surface area contributed by atoms with Crippen LogP contribution < -0.4 is 15.5 Å². The number of hydrogen-bond acceptors (Lipinski definition) is 4. The van der Waals surface area contributed by atoms with Crippen LogP contribution in [0.1, 0.15) is 99.8 Å². The third-order valence-corrected chi connectivity index (χ3v) is 12.7. The molecule has 5 aliphatic carbocycles. The standard InChI is InChI=1S/C40H46BrN3O2/c1-38(35-8-4-3-7-31(35)25-40(44-38)17-5-2-6-18-40)37(45)43-42-36(30-9-13-33(41)14-10-30)26-46-34-15-11-32(12-16-34)39-22-27-19-28(23-39)21-29(20-27)24-39/h3-4,7-16,27-29,44H,2,5-6,17-26H2,1H3,(H,43,45)/b42-36-/t27?,28?,29?,38-,39?/m0/s1. The highest BCUT2D eigenvalue weighted by Crippen LogP contribution is 2.60. The van der Waals surface area contributed by atoms with E-state index in [1.54, 1.807) is 0 Å². The maximum Gasteiger partial charge on any atom is 0.264 e. The van der Waals surface area contributed by atoms with Gasteiger partial charge in [-0.1, -0.05) is 83.7 Å². The first-order chi connectivity index (χ1) is 22.3. The predicted octanol–water partition coefficient (Wildman–Crippen LogP) is 8.58. The first-order valence-corrected chi connectivity index (χ1v) is 18.3. The quantitative estimate of drug-likeness (QED) is 0.194. The Labute approximate surface area is 282 Å². The molecule has 1 atom stereocenters. The van der Waals surface area contributed by atoms with Crippen LogP contribution in [0.4, 0.5) is 0 Å². The normalized spacial score (nSPS) is 31.0. The largest absolute Gasteiger partial charge is 0.487 e. The molecule has 1 aliphatic heterocycles. The van der Waals surface area contributed by atoms with Crippen molar-refractivity contribution in [2.75, 3.05) is 6.61 Å². The summed E-state index contributed by atoms with van der Waals surface area (Å²) in [6.45, 7) is 2.27. The Kier molecular flexibility index (Phi) is 7.88. The number of carbonyl (C=O) groups is 1. The minimum Gasteiger partial charge on any atom is -0.487 e. The van der Waals surface area contributed by atoms with Gasteiger partial charge in [-0.15, -0.1) is 0 Å². The van der Waals surface area contributed by atoms with Crippen LogP contribution in [0.25, 0.3) is 0 Å². The predicted molar refractivity (Wildman–Crippen MR) is 187 cm³/mol. The van der Waals surface area contributed by atoms with E-state index in [1.165, 1.54) is 68.9 Å². The van der Waals surface area contributed by atoms with Gasteiger partial charge in [0.2, 0.25) is 0 Å². The molecule has 1 heterocycles. The number of carbonyl (C=O) groups excluding carboxylic acids is 1. The van der Waals surface area contributed by atoms with Gasteiger partial charge in [-0.2, -0.15) is 5.10 Å². The van der Waals surface area contributed by atoms with Crippen LogP contribution in [0.5, 0.6) is 5.75 Å². The maximum atomic E-state index is 14.1. The third kappa shape index (κ3) is 5.64. The number of benzene rings is 3. The van der Waals surface area contributed by atoms with Gasteiger partial charge < -0.3 is 4.74 Å². The Balaban J connectivity index is 1.02. The molecule has 0 unspecified atom stereocenters. The van der Waals surface area contributed by atoms with Gasteiger partial charge in [0.15, 0.2) is 0 Å². The molecular formula is C40H46BrN3O2. The maximum absolute atomic E-state index is 14.1. The summed E-state index contributed by atoms with van der Waals surface area (Å²) in [5.74, 6) is 3.47. The number of nitrogens with one attached hydrogen (secondary N) is 2. The minimum atomic E-state index is -0.881. The van der Waals surface area contributed by atoms with E-state index in [4.69, 9.17) is 9.84 Å². The summed E-state index contributed by atoms with van der Waals surface area (Å²) in [4.78, 5) is 14.1. The second kappa shape index (κ2) is 11.9. The van der Waals surface area contributed by atoms with Gasteiger partial charge in [-0.3, -0.25) is 10.1 Å². The summed E-state index contributed by atoms with van der Waals surface area (Å²) in [6, 6.07) is 25.3. The summed E-state index contributed by atoms with van der Waals surface area (Å²) in [5, 5.41) is 8.61. The lowest BCUT2D eigenvalue weighted by Gasteiger charge is -2.57. The Hall–Kier alpha value is -2.96. The molecule has 6 aliphatic rings. The highest BCUT2D eigenvalue weighted by atomic mass is 79.9. The monoisotopic (exact) mass is 679 g/mol. The zero-order chi connectivity index (χ0) is 31.4. The van der Waals surface area contributed by atoms with Gasteiger partial charge in [0.05, 0.1) is 0 Å². The van der Waals surface area contributed by atoms with Gasteiger partial charge in [-0.25, -0.2) is 5.43 Å². The lowest BCUT2D eigenvalue weighted by Crippen LogP contribution is -2.65. The van der Waals surface area contributed by atoms with E-state index < -0.39 is 5.54 Å². The Morgan fingerprint density at radius 2 is 1.54 bits per heavy atom. The zero-order valence-electron chi connectivity index (χ0n) is 27.0. The molecule has 5 fully saturated rings. The van der Waals surface area contributed by atoms with E-state index in [0.29, 0.717) is 11.1 Å². The molecule has 0 saturated heterocycles. The molecule has 5 nitrogen and oxygen atoms in total. The average molecular weight is 681 g/mol. The Morgan fingerprint density at radius 1 is 0.891 bits per heavy atom. The fourth-order valence-electron chi connectivity index (χ4n) is 10.5. The van der Waals surface area contributed by atoms with Crippen LogP contribution >= 0.6 is 15.9 Å². The Morgan fingerprint density at radius 3 is 2.22 bits per heavy atom. The van der Waals surface area contributed by atoms with E-state index in [0.717, 1.165) is 58.4 Å². The number of amides is 1. The molecule has 3 aromatic rings. The molecule has 0 radical (unpaired) electrons. The van der Waals surface area contributed by atoms with E-state index in [2.05, 4.69) is 69.1 Å².